The number of aromatic nitrogens is 4. The van der Waals surface area contributed by atoms with E-state index in [-0.39, 0.29) is 24.9 Å². The fourth-order valence-electron chi connectivity index (χ4n) is 3.51. The van der Waals surface area contributed by atoms with Crippen molar-refractivity contribution in [2.75, 3.05) is 11.9 Å². The summed E-state index contributed by atoms with van der Waals surface area (Å²) in [5, 5.41) is 20.3. The number of carboxylic acids is 1. The number of benzene rings is 1. The van der Waals surface area contributed by atoms with E-state index in [4.69, 9.17) is 5.11 Å². The van der Waals surface area contributed by atoms with E-state index in [1.807, 2.05) is 54.8 Å². The number of nitrogens with one attached hydrogen (secondary N) is 1. The molecular formula is C21H22N6O3. The molecule has 1 aliphatic rings. The molecule has 0 atom stereocenters. The van der Waals surface area contributed by atoms with Gasteiger partial charge in [0.05, 0.1) is 17.7 Å². The Kier molecular flexibility index (Phi) is 5.18. The number of amides is 1. The van der Waals surface area contributed by atoms with Crippen molar-refractivity contribution in [1.29, 1.82) is 0 Å². The largest absolute Gasteiger partial charge is 0.481 e. The Morgan fingerprint density at radius 2 is 2.03 bits per heavy atom. The summed E-state index contributed by atoms with van der Waals surface area (Å²) in [5.74, 6) is 0.149. The second-order valence-corrected chi connectivity index (χ2v) is 7.40. The monoisotopic (exact) mass is 406 g/mol. The predicted octanol–water partition coefficient (Wildman–Crippen LogP) is 3.10. The summed E-state index contributed by atoms with van der Waals surface area (Å²) in [6.45, 7) is 4.68. The van der Waals surface area contributed by atoms with Crippen molar-refractivity contribution in [3.05, 3.63) is 53.9 Å². The molecule has 0 spiro atoms. The maximum Gasteiger partial charge on any atom is 0.305 e. The molecule has 4 rings (SSSR count). The minimum Gasteiger partial charge on any atom is -0.481 e. The van der Waals surface area contributed by atoms with Crippen LogP contribution in [0.25, 0.3) is 11.5 Å². The Balaban J connectivity index is 1.60. The van der Waals surface area contributed by atoms with Gasteiger partial charge in [0.15, 0.2) is 5.82 Å². The molecule has 0 fully saturated rings. The van der Waals surface area contributed by atoms with Gasteiger partial charge in [-0.3, -0.25) is 9.59 Å². The standard InChI is InChI=1S/C21H22N6O3/c1-13(2)27-12-22-25-20(27)16-7-4-8-17(24-16)23-15-6-3-5-14-11-26(10-9-18(28)29)21(30)19(14)15/h3-8,12-13H,9-11H2,1-2H3,(H,23,24)(H,28,29). The minimum absolute atomic E-state index is 0.0807. The lowest BCUT2D eigenvalue weighted by molar-refractivity contribution is -0.137. The minimum atomic E-state index is -0.924. The van der Waals surface area contributed by atoms with Crippen molar-refractivity contribution in [3.63, 3.8) is 0 Å². The maximum atomic E-state index is 12.8. The first-order valence-electron chi connectivity index (χ1n) is 9.71. The van der Waals surface area contributed by atoms with Crippen molar-refractivity contribution >= 4 is 23.4 Å². The lowest BCUT2D eigenvalue weighted by Gasteiger charge is -2.14. The average Bonchev–Trinajstić information content (AvgIpc) is 3.32. The number of nitrogens with zero attached hydrogens (tertiary/aromatic N) is 5. The predicted molar refractivity (Wildman–Crippen MR) is 110 cm³/mol. The Labute approximate surface area is 173 Å². The molecule has 0 bridgehead atoms. The number of hydrogen-bond donors (Lipinski definition) is 2. The van der Waals surface area contributed by atoms with Gasteiger partial charge in [-0.1, -0.05) is 18.2 Å². The molecule has 0 saturated carbocycles. The number of carbonyl (C=O) groups excluding carboxylic acids is 1. The van der Waals surface area contributed by atoms with Crippen molar-refractivity contribution in [3.8, 4) is 11.5 Å². The average molecular weight is 406 g/mol. The SMILES string of the molecule is CC(C)n1cnnc1-c1cccc(Nc2cccc3c2C(=O)N(CCC(=O)O)C3)n1. The summed E-state index contributed by atoms with van der Waals surface area (Å²) in [7, 11) is 0. The Morgan fingerprint density at radius 3 is 2.80 bits per heavy atom. The highest BCUT2D eigenvalue weighted by molar-refractivity contribution is 6.04. The molecule has 3 aromatic rings. The van der Waals surface area contributed by atoms with Crippen molar-refractivity contribution in [2.24, 2.45) is 0 Å². The Morgan fingerprint density at radius 1 is 1.23 bits per heavy atom. The van der Waals surface area contributed by atoms with Gasteiger partial charge in [-0.15, -0.1) is 10.2 Å². The summed E-state index contributed by atoms with van der Waals surface area (Å²) < 4.78 is 1.94. The van der Waals surface area contributed by atoms with E-state index in [1.54, 1.807) is 11.2 Å². The molecule has 154 valence electrons. The first-order chi connectivity index (χ1) is 14.4. The lowest BCUT2D eigenvalue weighted by Crippen LogP contribution is -2.26. The van der Waals surface area contributed by atoms with Crippen LogP contribution in [0.1, 0.15) is 42.2 Å². The molecule has 30 heavy (non-hydrogen) atoms. The number of pyridine rings is 1. The van der Waals surface area contributed by atoms with Gasteiger partial charge in [-0.2, -0.15) is 0 Å². The summed E-state index contributed by atoms with van der Waals surface area (Å²) in [4.78, 5) is 29.9. The van der Waals surface area contributed by atoms with Crippen molar-refractivity contribution in [1.82, 2.24) is 24.6 Å². The number of rotatable bonds is 7. The van der Waals surface area contributed by atoms with Gasteiger partial charge in [-0.25, -0.2) is 4.98 Å². The first kappa shape index (κ1) is 19.6. The third kappa shape index (κ3) is 3.73. The maximum absolute atomic E-state index is 12.8. The molecule has 0 radical (unpaired) electrons. The summed E-state index contributed by atoms with van der Waals surface area (Å²) in [6, 6.07) is 11.3. The summed E-state index contributed by atoms with van der Waals surface area (Å²) in [5.41, 5.74) is 2.74. The van der Waals surface area contributed by atoms with E-state index in [2.05, 4.69) is 20.5 Å². The number of hydrogen-bond acceptors (Lipinski definition) is 6. The highest BCUT2D eigenvalue weighted by Crippen LogP contribution is 2.31. The van der Waals surface area contributed by atoms with Crippen LogP contribution in [0, 0.1) is 0 Å². The fourth-order valence-corrected chi connectivity index (χ4v) is 3.51. The van der Waals surface area contributed by atoms with E-state index >= 15 is 0 Å². The molecule has 9 heteroatoms. The van der Waals surface area contributed by atoms with Gasteiger partial charge >= 0.3 is 5.97 Å². The van der Waals surface area contributed by atoms with Gasteiger partial charge in [0.1, 0.15) is 17.8 Å². The second-order valence-electron chi connectivity index (χ2n) is 7.40. The molecule has 1 aliphatic heterocycles. The lowest BCUT2D eigenvalue weighted by atomic mass is 10.1. The highest BCUT2D eigenvalue weighted by Gasteiger charge is 2.30. The summed E-state index contributed by atoms with van der Waals surface area (Å²) >= 11 is 0. The van der Waals surface area contributed by atoms with E-state index in [1.165, 1.54) is 0 Å². The number of fused-ring (bicyclic) bond motifs is 1. The molecule has 0 saturated heterocycles. The highest BCUT2D eigenvalue weighted by atomic mass is 16.4. The number of carboxylic acid groups (broad SMARTS) is 1. The van der Waals surface area contributed by atoms with Crippen LogP contribution in [-0.4, -0.2) is 48.2 Å². The van der Waals surface area contributed by atoms with E-state index in [0.717, 1.165) is 5.56 Å². The van der Waals surface area contributed by atoms with Gasteiger partial charge in [0.25, 0.3) is 5.91 Å². The third-order valence-corrected chi connectivity index (χ3v) is 4.98. The molecule has 0 unspecified atom stereocenters. The fraction of sp³-hybridized carbons (Fsp3) is 0.286. The quantitative estimate of drug-likeness (QED) is 0.620. The number of carbonyl (C=O) groups is 2. The zero-order chi connectivity index (χ0) is 21.3. The normalized spacial score (nSPS) is 13.0. The molecule has 1 aromatic carbocycles. The third-order valence-electron chi connectivity index (χ3n) is 4.98. The van der Waals surface area contributed by atoms with Crippen LogP contribution in [0.5, 0.6) is 0 Å². The van der Waals surface area contributed by atoms with Gasteiger partial charge < -0.3 is 19.9 Å². The molecule has 0 aliphatic carbocycles. The van der Waals surface area contributed by atoms with Crippen LogP contribution >= 0.6 is 0 Å². The van der Waals surface area contributed by atoms with E-state index in [9.17, 15) is 9.59 Å². The van der Waals surface area contributed by atoms with E-state index < -0.39 is 5.97 Å². The molecule has 9 nitrogen and oxygen atoms in total. The van der Waals surface area contributed by atoms with Crippen LogP contribution in [0.3, 0.4) is 0 Å². The second kappa shape index (κ2) is 7.94. The molecular weight excluding hydrogens is 384 g/mol. The Bertz CT molecular complexity index is 1110. The van der Waals surface area contributed by atoms with Gasteiger partial charge in [0, 0.05) is 19.1 Å². The van der Waals surface area contributed by atoms with Gasteiger partial charge in [0.2, 0.25) is 0 Å². The topological polar surface area (TPSA) is 113 Å². The van der Waals surface area contributed by atoms with Crippen LogP contribution in [-0.2, 0) is 11.3 Å². The first-order valence-corrected chi connectivity index (χ1v) is 9.71. The van der Waals surface area contributed by atoms with Crippen LogP contribution in [0.15, 0.2) is 42.7 Å². The smallest absolute Gasteiger partial charge is 0.305 e. The van der Waals surface area contributed by atoms with Crippen molar-refractivity contribution < 1.29 is 14.7 Å². The van der Waals surface area contributed by atoms with Gasteiger partial charge in [-0.05, 0) is 37.6 Å². The molecule has 3 heterocycles. The Hall–Kier alpha value is -3.75. The zero-order valence-electron chi connectivity index (χ0n) is 16.7. The number of aliphatic carboxylic acids is 1. The van der Waals surface area contributed by atoms with Crippen LogP contribution in [0.4, 0.5) is 11.5 Å². The van der Waals surface area contributed by atoms with Crippen LogP contribution < -0.4 is 5.32 Å². The molecule has 2 aromatic heterocycles. The molecule has 2 N–H and O–H groups in total. The summed E-state index contributed by atoms with van der Waals surface area (Å²) in [6.07, 6.45) is 1.60. The number of anilines is 2. The van der Waals surface area contributed by atoms with Crippen LogP contribution in [0.2, 0.25) is 0 Å². The van der Waals surface area contributed by atoms with Crippen molar-refractivity contribution in [2.45, 2.75) is 32.9 Å². The van der Waals surface area contributed by atoms with E-state index in [0.29, 0.717) is 35.1 Å². The molecule has 1 amide bonds. The zero-order valence-corrected chi connectivity index (χ0v) is 16.7.